The van der Waals surface area contributed by atoms with Gasteiger partial charge in [0, 0.05) is 5.92 Å². The molecule has 0 aromatic carbocycles. The van der Waals surface area contributed by atoms with E-state index in [9.17, 15) is 15.2 Å². The van der Waals surface area contributed by atoms with Gasteiger partial charge in [-0.1, -0.05) is 6.42 Å². The van der Waals surface area contributed by atoms with Gasteiger partial charge in [0.15, 0.2) is 5.78 Å². The van der Waals surface area contributed by atoms with E-state index in [0.29, 0.717) is 18.3 Å². The fourth-order valence-corrected chi connectivity index (χ4v) is 6.64. The third kappa shape index (κ3) is 2.06. The molecule has 0 spiro atoms. The lowest BCUT2D eigenvalue weighted by Crippen LogP contribution is -2.63. The first-order chi connectivity index (χ1) is 10.4. The van der Waals surface area contributed by atoms with Crippen LogP contribution >= 0.6 is 0 Å². The van der Waals surface area contributed by atoms with Gasteiger partial charge in [0.05, 0.1) is 23.6 Å². The van der Waals surface area contributed by atoms with Crippen LogP contribution in [0.3, 0.4) is 0 Å². The predicted molar refractivity (Wildman–Crippen MR) is 81.5 cm³/mol. The summed E-state index contributed by atoms with van der Waals surface area (Å²) in [5, 5.41) is 20.1. The highest BCUT2D eigenvalue weighted by Gasteiger charge is 2.60. The SMILES string of the molecule is N#CC1CCCC1C(=O)C(N)C12CC3CC(CC(O)(C3)C1)C2. The number of hydrogen-bond donors (Lipinski definition) is 2. The van der Waals surface area contributed by atoms with Crippen LogP contribution in [0.5, 0.6) is 0 Å². The van der Waals surface area contributed by atoms with Gasteiger partial charge in [-0.05, 0) is 68.6 Å². The molecule has 0 saturated heterocycles. The summed E-state index contributed by atoms with van der Waals surface area (Å²) < 4.78 is 0. The van der Waals surface area contributed by atoms with Crippen molar-refractivity contribution in [3.05, 3.63) is 0 Å². The van der Waals surface area contributed by atoms with E-state index in [1.54, 1.807) is 0 Å². The summed E-state index contributed by atoms with van der Waals surface area (Å²) in [6, 6.07) is 1.82. The van der Waals surface area contributed by atoms with Gasteiger partial charge in [-0.2, -0.15) is 5.26 Å². The molecule has 5 saturated carbocycles. The van der Waals surface area contributed by atoms with Crippen LogP contribution in [0.25, 0.3) is 0 Å². The van der Waals surface area contributed by atoms with Crippen molar-refractivity contribution in [3.8, 4) is 6.07 Å². The summed E-state index contributed by atoms with van der Waals surface area (Å²) in [5.74, 6) is 0.883. The lowest BCUT2D eigenvalue weighted by molar-refractivity contribution is -0.174. The molecule has 4 bridgehead atoms. The van der Waals surface area contributed by atoms with E-state index >= 15 is 0 Å². The zero-order valence-corrected chi connectivity index (χ0v) is 13.1. The van der Waals surface area contributed by atoms with E-state index in [2.05, 4.69) is 6.07 Å². The maximum atomic E-state index is 13.0. The Kier molecular flexibility index (Phi) is 3.19. The van der Waals surface area contributed by atoms with Gasteiger partial charge in [-0.25, -0.2) is 0 Å². The summed E-state index contributed by atoms with van der Waals surface area (Å²) in [7, 11) is 0. The minimum atomic E-state index is -0.577. The standard InChI is InChI=1S/C18H26N2O2/c19-9-13-2-1-3-14(13)15(21)16(20)17-5-11-4-12(6-17)8-18(22,7-11)10-17/h11-14,16,22H,1-8,10,20H2. The van der Waals surface area contributed by atoms with Crippen molar-refractivity contribution in [1.82, 2.24) is 0 Å². The van der Waals surface area contributed by atoms with Crippen molar-refractivity contribution in [3.63, 3.8) is 0 Å². The third-order valence-corrected chi connectivity index (χ3v) is 7.09. The molecule has 22 heavy (non-hydrogen) atoms. The Hall–Kier alpha value is -0.920. The number of aliphatic hydroxyl groups is 1. The van der Waals surface area contributed by atoms with Gasteiger partial charge < -0.3 is 10.8 Å². The number of carbonyl (C=O) groups excluding carboxylic acids is 1. The molecule has 0 aromatic rings. The molecule has 120 valence electrons. The second-order valence-electron chi connectivity index (χ2n) is 8.70. The highest BCUT2D eigenvalue weighted by atomic mass is 16.3. The Labute approximate surface area is 132 Å². The number of Topliss-reactive ketones (excluding diaryl/α,β-unsaturated/α-hetero) is 1. The maximum Gasteiger partial charge on any atom is 0.154 e. The quantitative estimate of drug-likeness (QED) is 0.836. The van der Waals surface area contributed by atoms with Gasteiger partial charge in [0.2, 0.25) is 0 Å². The molecule has 5 aliphatic rings. The zero-order chi connectivity index (χ0) is 15.5. The second kappa shape index (κ2) is 4.79. The summed E-state index contributed by atoms with van der Waals surface area (Å²) in [6.07, 6.45) is 8.32. The van der Waals surface area contributed by atoms with E-state index < -0.39 is 11.6 Å². The molecular weight excluding hydrogens is 276 g/mol. The van der Waals surface area contributed by atoms with E-state index in [1.165, 1.54) is 6.42 Å². The lowest BCUT2D eigenvalue weighted by atomic mass is 9.45. The van der Waals surface area contributed by atoms with Crippen LogP contribution in [0.2, 0.25) is 0 Å². The van der Waals surface area contributed by atoms with Crippen molar-refractivity contribution < 1.29 is 9.90 Å². The van der Waals surface area contributed by atoms with Crippen molar-refractivity contribution in [2.24, 2.45) is 34.8 Å². The molecule has 0 radical (unpaired) electrons. The van der Waals surface area contributed by atoms with Crippen LogP contribution in [-0.2, 0) is 4.79 Å². The van der Waals surface area contributed by atoms with Crippen molar-refractivity contribution >= 4 is 5.78 Å². The lowest BCUT2D eigenvalue weighted by Gasteiger charge is -2.61. The van der Waals surface area contributed by atoms with Crippen LogP contribution < -0.4 is 5.73 Å². The molecule has 5 aliphatic carbocycles. The smallest absolute Gasteiger partial charge is 0.154 e. The van der Waals surface area contributed by atoms with Crippen LogP contribution in [0.4, 0.5) is 0 Å². The monoisotopic (exact) mass is 302 g/mol. The summed E-state index contributed by atoms with van der Waals surface area (Å²) in [4.78, 5) is 13.0. The topological polar surface area (TPSA) is 87.1 Å². The van der Waals surface area contributed by atoms with Gasteiger partial charge in [-0.15, -0.1) is 0 Å². The number of ketones is 1. The third-order valence-electron chi connectivity index (χ3n) is 7.09. The second-order valence-corrected chi connectivity index (χ2v) is 8.70. The maximum absolute atomic E-state index is 13.0. The number of hydrogen-bond acceptors (Lipinski definition) is 4. The highest BCUT2D eigenvalue weighted by Crippen LogP contribution is 2.62. The molecule has 4 nitrogen and oxygen atoms in total. The predicted octanol–water partition coefficient (Wildman–Crippen LogP) is 2.15. The van der Waals surface area contributed by atoms with E-state index in [4.69, 9.17) is 5.73 Å². The Morgan fingerprint density at radius 1 is 1.23 bits per heavy atom. The molecule has 5 fully saturated rings. The summed E-state index contributed by atoms with van der Waals surface area (Å²) >= 11 is 0. The fraction of sp³-hybridized carbons (Fsp3) is 0.889. The zero-order valence-electron chi connectivity index (χ0n) is 13.1. The number of nitrogens with zero attached hydrogens (tertiary/aromatic N) is 1. The van der Waals surface area contributed by atoms with Gasteiger partial charge in [0.25, 0.3) is 0 Å². The van der Waals surface area contributed by atoms with Crippen LogP contribution in [-0.4, -0.2) is 22.5 Å². The average molecular weight is 302 g/mol. The van der Waals surface area contributed by atoms with Crippen LogP contribution in [0.15, 0.2) is 0 Å². The Balaban J connectivity index is 1.59. The number of rotatable bonds is 3. The van der Waals surface area contributed by atoms with E-state index in [-0.39, 0.29) is 23.0 Å². The Morgan fingerprint density at radius 2 is 1.91 bits per heavy atom. The first kappa shape index (κ1) is 14.7. The molecule has 5 atom stereocenters. The molecule has 3 N–H and O–H groups in total. The minimum Gasteiger partial charge on any atom is -0.390 e. The molecule has 4 heteroatoms. The molecule has 0 amide bonds. The largest absolute Gasteiger partial charge is 0.390 e. The van der Waals surface area contributed by atoms with Crippen molar-refractivity contribution in [1.29, 1.82) is 5.26 Å². The number of nitriles is 1. The Bertz CT molecular complexity index is 524. The Morgan fingerprint density at radius 3 is 2.50 bits per heavy atom. The normalized spacial score (nSPS) is 50.8. The first-order valence-corrected chi connectivity index (χ1v) is 8.86. The molecule has 0 heterocycles. The fourth-order valence-electron chi connectivity index (χ4n) is 6.64. The molecule has 5 unspecified atom stereocenters. The molecule has 0 aliphatic heterocycles. The average Bonchev–Trinajstić information content (AvgIpc) is 2.91. The first-order valence-electron chi connectivity index (χ1n) is 8.86. The van der Waals surface area contributed by atoms with Crippen LogP contribution in [0.1, 0.15) is 57.8 Å². The van der Waals surface area contributed by atoms with Crippen molar-refractivity contribution in [2.75, 3.05) is 0 Å². The number of nitrogens with two attached hydrogens (primary N) is 1. The van der Waals surface area contributed by atoms with Crippen molar-refractivity contribution in [2.45, 2.75) is 69.4 Å². The van der Waals surface area contributed by atoms with Gasteiger partial charge in [0.1, 0.15) is 0 Å². The summed E-state index contributed by atoms with van der Waals surface area (Å²) in [5.41, 5.74) is 5.73. The number of carbonyl (C=O) groups is 1. The highest BCUT2D eigenvalue weighted by molar-refractivity contribution is 5.88. The molecular formula is C18H26N2O2. The van der Waals surface area contributed by atoms with E-state index in [0.717, 1.165) is 44.9 Å². The van der Waals surface area contributed by atoms with E-state index in [1.807, 2.05) is 0 Å². The van der Waals surface area contributed by atoms with Crippen LogP contribution in [0, 0.1) is 40.4 Å². The molecule has 5 rings (SSSR count). The van der Waals surface area contributed by atoms with Gasteiger partial charge in [-0.3, -0.25) is 4.79 Å². The minimum absolute atomic E-state index is 0.106. The molecule has 0 aromatic heterocycles. The van der Waals surface area contributed by atoms with Gasteiger partial charge >= 0.3 is 0 Å². The summed E-state index contributed by atoms with van der Waals surface area (Å²) in [6.45, 7) is 0.